The predicted molar refractivity (Wildman–Crippen MR) is 98.7 cm³/mol. The zero-order valence-corrected chi connectivity index (χ0v) is 16.6. The van der Waals surface area contributed by atoms with E-state index in [1.807, 2.05) is 0 Å². The molecule has 0 atom stereocenters. The van der Waals surface area contributed by atoms with E-state index in [0.717, 1.165) is 0 Å². The lowest BCUT2D eigenvalue weighted by Gasteiger charge is -2.31. The molecule has 0 aliphatic carbocycles. The molecule has 0 aromatic heterocycles. The lowest BCUT2D eigenvalue weighted by Crippen LogP contribution is -2.57. The summed E-state index contributed by atoms with van der Waals surface area (Å²) in [5.41, 5.74) is -2.28. The molecular weight excluding hydrogens is 378 g/mol. The molecule has 0 saturated heterocycles. The maximum absolute atomic E-state index is 12.6. The molecule has 1 N–H and O–H groups in total. The van der Waals surface area contributed by atoms with Crippen molar-refractivity contribution in [3.05, 3.63) is 28.8 Å². The van der Waals surface area contributed by atoms with Crippen LogP contribution >= 0.6 is 11.6 Å². The van der Waals surface area contributed by atoms with E-state index < -0.39 is 23.6 Å². The summed E-state index contributed by atoms with van der Waals surface area (Å²) in [4.78, 5) is 37.5. The van der Waals surface area contributed by atoms with Crippen molar-refractivity contribution in [2.45, 2.75) is 33.4 Å². The van der Waals surface area contributed by atoms with Gasteiger partial charge in [0, 0.05) is 6.61 Å². The van der Waals surface area contributed by atoms with Crippen LogP contribution in [0, 0.1) is 0 Å². The van der Waals surface area contributed by atoms with Crippen LogP contribution in [-0.4, -0.2) is 50.1 Å². The van der Waals surface area contributed by atoms with Gasteiger partial charge in [0.15, 0.2) is 0 Å². The van der Waals surface area contributed by atoms with Gasteiger partial charge in [-0.15, -0.1) is 0 Å². The summed E-state index contributed by atoms with van der Waals surface area (Å²) in [5.74, 6) is -2.72. The zero-order valence-electron chi connectivity index (χ0n) is 15.8. The van der Waals surface area contributed by atoms with Crippen LogP contribution in [0.4, 0.5) is 5.69 Å². The largest absolute Gasteiger partial charge is 0.462 e. The number of carbonyl (C=O) groups excluding carboxylic acids is 3. The molecule has 0 aliphatic rings. The van der Waals surface area contributed by atoms with E-state index in [9.17, 15) is 14.4 Å². The molecule has 1 aromatic rings. The molecule has 8 nitrogen and oxygen atoms in total. The fraction of sp³-hybridized carbons (Fsp3) is 0.500. The molecule has 0 unspecified atom stereocenters. The van der Waals surface area contributed by atoms with Crippen molar-refractivity contribution in [2.24, 2.45) is 0 Å². The first-order valence-electron chi connectivity index (χ1n) is 8.59. The van der Waals surface area contributed by atoms with E-state index in [1.165, 1.54) is 12.1 Å². The van der Waals surface area contributed by atoms with Gasteiger partial charge in [0.05, 0.1) is 30.5 Å². The van der Waals surface area contributed by atoms with E-state index in [2.05, 4.69) is 5.32 Å². The summed E-state index contributed by atoms with van der Waals surface area (Å²) in [6, 6.07) is 4.49. The van der Waals surface area contributed by atoms with Crippen LogP contribution in [0.2, 0.25) is 5.02 Å². The molecule has 27 heavy (non-hydrogen) atoms. The summed E-state index contributed by atoms with van der Waals surface area (Å²) >= 11 is 6.13. The summed E-state index contributed by atoms with van der Waals surface area (Å²) in [5, 5.41) is 2.73. The van der Waals surface area contributed by atoms with E-state index in [1.54, 1.807) is 33.8 Å². The molecule has 150 valence electrons. The Morgan fingerprint density at radius 1 is 0.926 bits per heavy atom. The predicted octanol–water partition coefficient (Wildman–Crippen LogP) is 2.79. The Morgan fingerprint density at radius 3 is 1.96 bits per heavy atom. The van der Waals surface area contributed by atoms with Crippen LogP contribution in [0.25, 0.3) is 0 Å². The number of hydrogen-bond acceptors (Lipinski definition) is 8. The standard InChI is InChI=1S/C18H24ClNO7/c1-5-24-15(21)14-12(19)10-9-11-13(14)20-18(27-8-4,16(22)25-6-2)17(23)26-7-3/h9-11,20H,5-8H2,1-4H3. The number of benzene rings is 1. The average molecular weight is 402 g/mol. The first-order chi connectivity index (χ1) is 12.9. The van der Waals surface area contributed by atoms with Crippen LogP contribution < -0.4 is 5.32 Å². The molecule has 0 saturated carbocycles. The number of anilines is 1. The topological polar surface area (TPSA) is 100 Å². The zero-order chi connectivity index (χ0) is 20.4. The molecule has 1 rings (SSSR count). The van der Waals surface area contributed by atoms with Crippen molar-refractivity contribution in [2.75, 3.05) is 31.7 Å². The quantitative estimate of drug-likeness (QED) is 0.276. The first-order valence-corrected chi connectivity index (χ1v) is 8.97. The highest BCUT2D eigenvalue weighted by atomic mass is 35.5. The van der Waals surface area contributed by atoms with Crippen LogP contribution in [0.3, 0.4) is 0 Å². The number of rotatable bonds is 10. The van der Waals surface area contributed by atoms with Crippen molar-refractivity contribution in [3.8, 4) is 0 Å². The summed E-state index contributed by atoms with van der Waals surface area (Å²) < 4.78 is 20.4. The number of ether oxygens (including phenoxy) is 4. The minimum Gasteiger partial charge on any atom is -0.462 e. The van der Waals surface area contributed by atoms with Crippen molar-refractivity contribution >= 4 is 35.2 Å². The number of nitrogens with one attached hydrogen (secondary N) is 1. The Bertz CT molecular complexity index is 660. The highest BCUT2D eigenvalue weighted by molar-refractivity contribution is 6.34. The normalized spacial score (nSPS) is 10.9. The number of hydrogen-bond donors (Lipinski definition) is 1. The fourth-order valence-electron chi connectivity index (χ4n) is 2.25. The van der Waals surface area contributed by atoms with Crippen LogP contribution in [0.15, 0.2) is 18.2 Å². The molecule has 0 heterocycles. The van der Waals surface area contributed by atoms with Crippen molar-refractivity contribution in [1.29, 1.82) is 0 Å². The Kier molecular flexibility index (Phi) is 9.04. The smallest absolute Gasteiger partial charge is 0.372 e. The fourth-order valence-corrected chi connectivity index (χ4v) is 2.50. The van der Waals surface area contributed by atoms with Crippen LogP contribution in [0.1, 0.15) is 38.1 Å². The van der Waals surface area contributed by atoms with E-state index in [0.29, 0.717) is 0 Å². The Labute approximate surface area is 163 Å². The molecular formula is C18H24ClNO7. The van der Waals surface area contributed by atoms with Gasteiger partial charge >= 0.3 is 23.6 Å². The lowest BCUT2D eigenvalue weighted by atomic mass is 10.1. The van der Waals surface area contributed by atoms with E-state index in [-0.39, 0.29) is 42.7 Å². The molecule has 0 fully saturated rings. The molecule has 0 amide bonds. The second-order valence-corrected chi connectivity index (χ2v) is 5.47. The van der Waals surface area contributed by atoms with Gasteiger partial charge in [0.2, 0.25) is 0 Å². The Hall–Kier alpha value is -2.32. The molecule has 0 spiro atoms. The van der Waals surface area contributed by atoms with Gasteiger partial charge in [0.1, 0.15) is 5.56 Å². The third-order valence-corrected chi connectivity index (χ3v) is 3.61. The highest BCUT2D eigenvalue weighted by Gasteiger charge is 2.51. The van der Waals surface area contributed by atoms with Gasteiger partial charge in [-0.1, -0.05) is 17.7 Å². The monoisotopic (exact) mass is 401 g/mol. The lowest BCUT2D eigenvalue weighted by molar-refractivity contribution is -0.186. The van der Waals surface area contributed by atoms with Gasteiger partial charge < -0.3 is 24.3 Å². The second-order valence-electron chi connectivity index (χ2n) is 5.06. The average Bonchev–Trinajstić information content (AvgIpc) is 2.61. The van der Waals surface area contributed by atoms with Gasteiger partial charge in [0.25, 0.3) is 0 Å². The minimum atomic E-state index is -2.30. The van der Waals surface area contributed by atoms with Crippen LogP contribution in [-0.2, 0) is 28.5 Å². The summed E-state index contributed by atoms with van der Waals surface area (Å²) in [7, 11) is 0. The minimum absolute atomic E-state index is 0.00895. The summed E-state index contributed by atoms with van der Waals surface area (Å²) in [6.07, 6.45) is 0. The molecule has 9 heteroatoms. The number of carbonyl (C=O) groups is 3. The second kappa shape index (κ2) is 10.7. The molecule has 0 radical (unpaired) electrons. The number of halogens is 1. The third kappa shape index (κ3) is 5.33. The van der Waals surface area contributed by atoms with Crippen molar-refractivity contribution < 1.29 is 33.3 Å². The highest BCUT2D eigenvalue weighted by Crippen LogP contribution is 2.29. The van der Waals surface area contributed by atoms with Crippen LogP contribution in [0.5, 0.6) is 0 Å². The van der Waals surface area contributed by atoms with E-state index in [4.69, 9.17) is 30.5 Å². The first kappa shape index (κ1) is 22.7. The number of esters is 3. The Balaban J connectivity index is 3.49. The van der Waals surface area contributed by atoms with Crippen molar-refractivity contribution in [1.82, 2.24) is 0 Å². The maximum atomic E-state index is 12.6. The van der Waals surface area contributed by atoms with Gasteiger partial charge in [-0.2, -0.15) is 0 Å². The maximum Gasteiger partial charge on any atom is 0.372 e. The van der Waals surface area contributed by atoms with E-state index >= 15 is 0 Å². The SMILES string of the molecule is CCOC(=O)c1c(Cl)cccc1NC(OCC)(C(=O)OCC)C(=O)OCC. The molecule has 1 aromatic carbocycles. The van der Waals surface area contributed by atoms with Gasteiger partial charge in [-0.3, -0.25) is 0 Å². The van der Waals surface area contributed by atoms with Crippen molar-refractivity contribution in [3.63, 3.8) is 0 Å². The summed E-state index contributed by atoms with van der Waals surface area (Å²) in [6.45, 7) is 6.54. The van der Waals surface area contributed by atoms with Gasteiger partial charge in [-0.05, 0) is 39.8 Å². The Morgan fingerprint density at radius 2 is 1.48 bits per heavy atom. The van der Waals surface area contributed by atoms with Gasteiger partial charge in [-0.25, -0.2) is 14.4 Å². The molecule has 0 bridgehead atoms. The molecule has 0 aliphatic heterocycles. The third-order valence-electron chi connectivity index (χ3n) is 3.29.